The molecule has 1 aromatic heterocycles. The summed E-state index contributed by atoms with van der Waals surface area (Å²) in [5, 5.41) is 2.33. The average Bonchev–Trinajstić information content (AvgIpc) is 2.89. The van der Waals surface area contributed by atoms with Gasteiger partial charge < -0.3 is 5.32 Å². The van der Waals surface area contributed by atoms with E-state index in [1.807, 2.05) is 0 Å². The van der Waals surface area contributed by atoms with Crippen LogP contribution < -0.4 is 5.32 Å². The fraction of sp³-hybridized carbons (Fsp3) is 0.154. The van der Waals surface area contributed by atoms with Crippen molar-refractivity contribution in [1.82, 2.24) is 4.31 Å². The minimum atomic E-state index is -3.82. The van der Waals surface area contributed by atoms with Gasteiger partial charge in [0.2, 0.25) is 5.91 Å². The van der Waals surface area contributed by atoms with Crippen molar-refractivity contribution in [1.29, 1.82) is 0 Å². The summed E-state index contributed by atoms with van der Waals surface area (Å²) in [6.45, 7) is -0.451. The summed E-state index contributed by atoms with van der Waals surface area (Å²) in [6.07, 6.45) is 0. The number of nitrogens with one attached hydrogen (secondary N) is 1. The number of carbonyl (C=O) groups excluding carboxylic acids is 1. The highest BCUT2D eigenvalue weighted by atomic mass is 79.9. The molecule has 23 heavy (non-hydrogen) atoms. The van der Waals surface area contributed by atoms with Crippen molar-refractivity contribution < 1.29 is 17.6 Å². The van der Waals surface area contributed by atoms with Gasteiger partial charge in [0.1, 0.15) is 10.0 Å². The van der Waals surface area contributed by atoms with Crippen LogP contribution in [0, 0.1) is 5.82 Å². The molecule has 0 aliphatic carbocycles. The number of sulfonamides is 1. The van der Waals surface area contributed by atoms with E-state index in [1.54, 1.807) is 6.07 Å². The van der Waals surface area contributed by atoms with E-state index in [0.717, 1.165) is 15.6 Å². The molecule has 1 N–H and O–H groups in total. The van der Waals surface area contributed by atoms with Crippen LogP contribution in [0.1, 0.15) is 0 Å². The molecular weight excluding hydrogens is 431 g/mol. The highest BCUT2D eigenvalue weighted by Gasteiger charge is 2.25. The Hall–Kier alpha value is -1.000. The van der Waals surface area contributed by atoms with Gasteiger partial charge in [-0.2, -0.15) is 4.31 Å². The third-order valence-electron chi connectivity index (χ3n) is 2.78. The van der Waals surface area contributed by atoms with Gasteiger partial charge in [-0.3, -0.25) is 4.79 Å². The van der Waals surface area contributed by atoms with Gasteiger partial charge in [-0.1, -0.05) is 27.5 Å². The number of benzene rings is 1. The van der Waals surface area contributed by atoms with Crippen LogP contribution in [0.25, 0.3) is 0 Å². The standard InChI is InChI=1S/C13H11BrClFN2O3S2/c1-18(23(20,21)13-5-4-11(15)22-13)7-12(19)17-10-3-2-8(14)6-9(10)16/h2-6H,7H2,1H3,(H,17,19). The van der Waals surface area contributed by atoms with Crippen LogP contribution in [-0.2, 0) is 14.8 Å². The van der Waals surface area contributed by atoms with Crippen molar-refractivity contribution in [2.24, 2.45) is 0 Å². The van der Waals surface area contributed by atoms with Gasteiger partial charge in [-0.05, 0) is 30.3 Å². The van der Waals surface area contributed by atoms with E-state index in [-0.39, 0.29) is 9.90 Å². The van der Waals surface area contributed by atoms with Gasteiger partial charge in [-0.25, -0.2) is 12.8 Å². The van der Waals surface area contributed by atoms with Crippen LogP contribution in [0.4, 0.5) is 10.1 Å². The van der Waals surface area contributed by atoms with Crippen molar-refractivity contribution in [3.8, 4) is 0 Å². The number of nitrogens with zero attached hydrogens (tertiary/aromatic N) is 1. The molecule has 0 saturated carbocycles. The number of carbonyl (C=O) groups is 1. The number of rotatable bonds is 5. The van der Waals surface area contributed by atoms with E-state index >= 15 is 0 Å². The van der Waals surface area contributed by atoms with Gasteiger partial charge in [0.25, 0.3) is 10.0 Å². The predicted molar refractivity (Wildman–Crippen MR) is 91.9 cm³/mol. The van der Waals surface area contributed by atoms with Crippen LogP contribution in [0.3, 0.4) is 0 Å². The predicted octanol–water partition coefficient (Wildman–Crippen LogP) is 3.56. The van der Waals surface area contributed by atoms with Crippen molar-refractivity contribution >= 4 is 60.5 Å². The lowest BCUT2D eigenvalue weighted by molar-refractivity contribution is -0.116. The number of hydrogen-bond acceptors (Lipinski definition) is 4. The molecule has 10 heteroatoms. The van der Waals surface area contributed by atoms with Crippen LogP contribution in [0.15, 0.2) is 39.0 Å². The molecule has 1 heterocycles. The Labute approximate surface area is 150 Å². The molecule has 0 radical (unpaired) electrons. The molecule has 0 spiro atoms. The molecule has 2 rings (SSSR count). The minimum Gasteiger partial charge on any atom is -0.322 e. The Balaban J connectivity index is 2.07. The zero-order valence-corrected chi connectivity index (χ0v) is 15.7. The molecule has 124 valence electrons. The maximum Gasteiger partial charge on any atom is 0.252 e. The van der Waals surface area contributed by atoms with Crippen molar-refractivity contribution in [3.05, 3.63) is 45.0 Å². The van der Waals surface area contributed by atoms with Gasteiger partial charge in [0, 0.05) is 11.5 Å². The first-order valence-corrected chi connectivity index (χ1v) is 9.59. The van der Waals surface area contributed by atoms with Gasteiger partial charge in [0.05, 0.1) is 16.6 Å². The monoisotopic (exact) mass is 440 g/mol. The Morgan fingerprint density at radius 1 is 1.39 bits per heavy atom. The summed E-state index contributed by atoms with van der Waals surface area (Å²) in [4.78, 5) is 11.9. The van der Waals surface area contributed by atoms with E-state index in [2.05, 4.69) is 21.2 Å². The summed E-state index contributed by atoms with van der Waals surface area (Å²) in [5.74, 6) is -1.27. The fourth-order valence-corrected chi connectivity index (χ4v) is 4.81. The molecule has 0 bridgehead atoms. The second-order valence-corrected chi connectivity index (χ2v) is 9.39. The summed E-state index contributed by atoms with van der Waals surface area (Å²) < 4.78 is 40.0. The van der Waals surface area contributed by atoms with E-state index < -0.39 is 28.3 Å². The summed E-state index contributed by atoms with van der Waals surface area (Å²) >= 11 is 9.73. The molecular formula is C13H11BrClFN2O3S2. The third-order valence-corrected chi connectivity index (χ3v) is 6.78. The number of amides is 1. The summed E-state index contributed by atoms with van der Waals surface area (Å²) in [5.41, 5.74) is -0.0248. The zero-order valence-electron chi connectivity index (χ0n) is 11.7. The maximum atomic E-state index is 13.7. The van der Waals surface area contributed by atoms with Crippen LogP contribution in [-0.4, -0.2) is 32.2 Å². The second kappa shape index (κ2) is 7.27. The Bertz CT molecular complexity index is 841. The first-order valence-electron chi connectivity index (χ1n) is 6.17. The lowest BCUT2D eigenvalue weighted by Gasteiger charge is -2.16. The summed E-state index contributed by atoms with van der Waals surface area (Å²) in [7, 11) is -2.55. The number of anilines is 1. The Morgan fingerprint density at radius 3 is 2.65 bits per heavy atom. The molecule has 0 unspecified atom stereocenters. The largest absolute Gasteiger partial charge is 0.322 e. The maximum absolute atomic E-state index is 13.7. The highest BCUT2D eigenvalue weighted by molar-refractivity contribution is 9.10. The number of hydrogen-bond donors (Lipinski definition) is 1. The molecule has 0 aliphatic heterocycles. The Kier molecular flexibility index (Phi) is 5.79. The number of halogens is 3. The van der Waals surface area contributed by atoms with Gasteiger partial charge in [-0.15, -0.1) is 11.3 Å². The van der Waals surface area contributed by atoms with Crippen molar-refractivity contribution in [2.45, 2.75) is 4.21 Å². The lowest BCUT2D eigenvalue weighted by Crippen LogP contribution is -2.34. The van der Waals surface area contributed by atoms with E-state index in [1.165, 1.54) is 31.3 Å². The third kappa shape index (κ3) is 4.51. The summed E-state index contributed by atoms with van der Waals surface area (Å²) in [6, 6.07) is 6.97. The van der Waals surface area contributed by atoms with Crippen molar-refractivity contribution in [2.75, 3.05) is 18.9 Å². The topological polar surface area (TPSA) is 66.5 Å². The normalized spacial score (nSPS) is 11.7. The number of thiophene rings is 1. The second-order valence-electron chi connectivity index (χ2n) is 4.49. The van der Waals surface area contributed by atoms with E-state index in [9.17, 15) is 17.6 Å². The van der Waals surface area contributed by atoms with Gasteiger partial charge >= 0.3 is 0 Å². The lowest BCUT2D eigenvalue weighted by atomic mass is 10.3. The molecule has 1 amide bonds. The molecule has 0 atom stereocenters. The highest BCUT2D eigenvalue weighted by Crippen LogP contribution is 2.27. The molecule has 2 aromatic rings. The van der Waals surface area contributed by atoms with Crippen LogP contribution in [0.5, 0.6) is 0 Å². The van der Waals surface area contributed by atoms with Crippen LogP contribution >= 0.6 is 38.9 Å². The molecule has 0 fully saturated rings. The molecule has 0 aliphatic rings. The quantitative estimate of drug-likeness (QED) is 0.771. The molecule has 5 nitrogen and oxygen atoms in total. The smallest absolute Gasteiger partial charge is 0.252 e. The fourth-order valence-electron chi connectivity index (χ4n) is 1.66. The van der Waals surface area contributed by atoms with Crippen LogP contribution in [0.2, 0.25) is 4.34 Å². The first kappa shape index (κ1) is 18.3. The van der Waals surface area contributed by atoms with E-state index in [4.69, 9.17) is 11.6 Å². The molecule has 1 aromatic carbocycles. The van der Waals surface area contributed by atoms with Crippen molar-refractivity contribution in [3.63, 3.8) is 0 Å². The minimum absolute atomic E-state index is 0.0248. The zero-order chi connectivity index (χ0) is 17.2. The number of likely N-dealkylation sites (N-methyl/N-ethyl adjacent to an activating group) is 1. The molecule has 0 saturated heterocycles. The SMILES string of the molecule is CN(CC(=O)Nc1ccc(Br)cc1F)S(=O)(=O)c1ccc(Cl)s1. The average molecular weight is 442 g/mol. The first-order chi connectivity index (χ1) is 10.7. The Morgan fingerprint density at radius 2 is 2.09 bits per heavy atom. The van der Waals surface area contributed by atoms with Gasteiger partial charge in [0.15, 0.2) is 0 Å². The van der Waals surface area contributed by atoms with E-state index in [0.29, 0.717) is 8.81 Å².